The molecule has 0 aromatic carbocycles. The molecule has 19 heavy (non-hydrogen) atoms. The van der Waals surface area contributed by atoms with Crippen molar-refractivity contribution in [2.75, 3.05) is 18.5 Å². The highest BCUT2D eigenvalue weighted by atomic mass is 15.2. The van der Waals surface area contributed by atoms with Crippen LogP contribution in [-0.2, 0) is 6.54 Å². The Bertz CT molecular complexity index is 430. The second kappa shape index (κ2) is 5.49. The molecule has 1 saturated carbocycles. The van der Waals surface area contributed by atoms with Gasteiger partial charge in [0.15, 0.2) is 0 Å². The van der Waals surface area contributed by atoms with Crippen molar-refractivity contribution in [1.29, 1.82) is 0 Å². The van der Waals surface area contributed by atoms with Crippen molar-refractivity contribution in [3.63, 3.8) is 0 Å². The summed E-state index contributed by atoms with van der Waals surface area (Å²) in [6.07, 6.45) is 2.67. The molecule has 1 fully saturated rings. The first kappa shape index (κ1) is 14.3. The molecule has 0 unspecified atom stereocenters. The fourth-order valence-electron chi connectivity index (χ4n) is 2.36. The molecule has 3 heteroatoms. The molecule has 1 N–H and O–H groups in total. The van der Waals surface area contributed by atoms with E-state index in [0.29, 0.717) is 0 Å². The SMILES string of the molecule is Cc1cc(CNC2CC2)cc(N(C)CC(C)(C)C)n1. The standard InChI is InChI=1S/C16H27N3/c1-12-8-13(10-17-14-6-7-14)9-15(18-12)19(5)11-16(2,3)4/h8-9,14,17H,6-7,10-11H2,1-5H3. The predicted molar refractivity (Wildman–Crippen MR) is 81.6 cm³/mol. The molecule has 0 amide bonds. The minimum atomic E-state index is 0.284. The smallest absolute Gasteiger partial charge is 0.128 e. The molecular weight excluding hydrogens is 234 g/mol. The Labute approximate surface area is 117 Å². The van der Waals surface area contributed by atoms with Gasteiger partial charge in [-0.3, -0.25) is 0 Å². The lowest BCUT2D eigenvalue weighted by Crippen LogP contribution is -2.30. The summed E-state index contributed by atoms with van der Waals surface area (Å²) in [5.41, 5.74) is 2.73. The second-order valence-electron chi connectivity index (χ2n) is 7.05. The number of aromatic nitrogens is 1. The minimum absolute atomic E-state index is 0.284. The van der Waals surface area contributed by atoms with E-state index in [0.717, 1.165) is 30.6 Å². The predicted octanol–water partition coefficient (Wildman–Crippen LogP) is 3.12. The number of rotatable bonds is 5. The van der Waals surface area contributed by atoms with Gasteiger partial charge in [0.1, 0.15) is 5.82 Å². The van der Waals surface area contributed by atoms with Crippen LogP contribution >= 0.6 is 0 Å². The van der Waals surface area contributed by atoms with E-state index in [4.69, 9.17) is 0 Å². The third-order valence-electron chi connectivity index (χ3n) is 3.27. The van der Waals surface area contributed by atoms with Gasteiger partial charge in [-0.15, -0.1) is 0 Å². The highest BCUT2D eigenvalue weighted by Crippen LogP contribution is 2.22. The summed E-state index contributed by atoms with van der Waals surface area (Å²) in [4.78, 5) is 6.92. The number of aryl methyl sites for hydroxylation is 1. The van der Waals surface area contributed by atoms with Crippen LogP contribution in [0.1, 0.15) is 44.9 Å². The van der Waals surface area contributed by atoms with Crippen LogP contribution in [0.2, 0.25) is 0 Å². The maximum Gasteiger partial charge on any atom is 0.128 e. The van der Waals surface area contributed by atoms with Gasteiger partial charge in [-0.05, 0) is 42.9 Å². The minimum Gasteiger partial charge on any atom is -0.359 e. The second-order valence-corrected chi connectivity index (χ2v) is 7.05. The summed E-state index contributed by atoms with van der Waals surface area (Å²) in [6, 6.07) is 5.15. The first-order chi connectivity index (χ1) is 8.83. The van der Waals surface area contributed by atoms with Gasteiger partial charge < -0.3 is 10.2 Å². The summed E-state index contributed by atoms with van der Waals surface area (Å²) >= 11 is 0. The number of pyridine rings is 1. The van der Waals surface area contributed by atoms with E-state index in [2.05, 4.69) is 62.1 Å². The van der Waals surface area contributed by atoms with Crippen LogP contribution in [0.3, 0.4) is 0 Å². The number of anilines is 1. The molecule has 0 radical (unpaired) electrons. The number of nitrogens with zero attached hydrogens (tertiary/aromatic N) is 2. The van der Waals surface area contributed by atoms with Gasteiger partial charge in [-0.1, -0.05) is 20.8 Å². The van der Waals surface area contributed by atoms with E-state index >= 15 is 0 Å². The largest absolute Gasteiger partial charge is 0.359 e. The van der Waals surface area contributed by atoms with Crippen LogP contribution in [0.15, 0.2) is 12.1 Å². The summed E-state index contributed by atoms with van der Waals surface area (Å²) in [5, 5.41) is 3.57. The molecule has 1 aromatic heterocycles. The lowest BCUT2D eigenvalue weighted by molar-refractivity contribution is 0.417. The van der Waals surface area contributed by atoms with Crippen molar-refractivity contribution < 1.29 is 0 Å². The Hall–Kier alpha value is -1.09. The lowest BCUT2D eigenvalue weighted by atomic mass is 9.96. The van der Waals surface area contributed by atoms with Crippen molar-refractivity contribution in [3.05, 3.63) is 23.4 Å². The first-order valence-corrected chi connectivity index (χ1v) is 7.25. The van der Waals surface area contributed by atoms with Gasteiger partial charge >= 0.3 is 0 Å². The Morgan fingerprint density at radius 2 is 2.00 bits per heavy atom. The number of nitrogens with one attached hydrogen (secondary N) is 1. The zero-order chi connectivity index (χ0) is 14.0. The lowest BCUT2D eigenvalue weighted by Gasteiger charge is -2.28. The number of hydrogen-bond donors (Lipinski definition) is 1. The fourth-order valence-corrected chi connectivity index (χ4v) is 2.36. The highest BCUT2D eigenvalue weighted by molar-refractivity contribution is 5.42. The number of hydrogen-bond acceptors (Lipinski definition) is 3. The van der Waals surface area contributed by atoms with Gasteiger partial charge in [0, 0.05) is 31.9 Å². The third-order valence-corrected chi connectivity index (χ3v) is 3.27. The molecule has 1 aliphatic carbocycles. The third kappa shape index (κ3) is 4.83. The maximum atomic E-state index is 4.66. The quantitative estimate of drug-likeness (QED) is 0.882. The average Bonchev–Trinajstić information content (AvgIpc) is 3.07. The van der Waals surface area contributed by atoms with Crippen molar-refractivity contribution >= 4 is 5.82 Å². The summed E-state index contributed by atoms with van der Waals surface area (Å²) < 4.78 is 0. The molecule has 1 aromatic rings. The van der Waals surface area contributed by atoms with Gasteiger partial charge in [0.2, 0.25) is 0 Å². The molecule has 3 nitrogen and oxygen atoms in total. The van der Waals surface area contributed by atoms with Gasteiger partial charge in [-0.2, -0.15) is 0 Å². The van der Waals surface area contributed by atoms with E-state index in [1.54, 1.807) is 0 Å². The van der Waals surface area contributed by atoms with Gasteiger partial charge in [0.05, 0.1) is 0 Å². The van der Waals surface area contributed by atoms with Crippen molar-refractivity contribution in [1.82, 2.24) is 10.3 Å². The van der Waals surface area contributed by atoms with Crippen LogP contribution in [0.25, 0.3) is 0 Å². The van der Waals surface area contributed by atoms with E-state index < -0.39 is 0 Å². The first-order valence-electron chi connectivity index (χ1n) is 7.25. The molecule has 0 aliphatic heterocycles. The zero-order valence-corrected chi connectivity index (χ0v) is 13.0. The van der Waals surface area contributed by atoms with Gasteiger partial charge in [0.25, 0.3) is 0 Å². The zero-order valence-electron chi connectivity index (χ0n) is 13.0. The molecule has 0 bridgehead atoms. The molecule has 106 valence electrons. The van der Waals surface area contributed by atoms with Crippen LogP contribution in [0, 0.1) is 12.3 Å². The Kier molecular flexibility index (Phi) is 4.14. The summed E-state index contributed by atoms with van der Waals surface area (Å²) in [7, 11) is 2.13. The summed E-state index contributed by atoms with van der Waals surface area (Å²) in [6.45, 7) is 10.8. The highest BCUT2D eigenvalue weighted by Gasteiger charge is 2.20. The molecule has 0 saturated heterocycles. The van der Waals surface area contributed by atoms with Crippen molar-refractivity contribution in [2.24, 2.45) is 5.41 Å². The van der Waals surface area contributed by atoms with E-state index in [1.165, 1.54) is 18.4 Å². The normalized spacial score (nSPS) is 15.6. The molecule has 2 rings (SSSR count). The fraction of sp³-hybridized carbons (Fsp3) is 0.688. The molecule has 1 heterocycles. The van der Waals surface area contributed by atoms with E-state index in [-0.39, 0.29) is 5.41 Å². The molecule has 1 aliphatic rings. The van der Waals surface area contributed by atoms with Crippen LogP contribution in [0.5, 0.6) is 0 Å². The Morgan fingerprint density at radius 1 is 1.32 bits per heavy atom. The Balaban J connectivity index is 2.06. The van der Waals surface area contributed by atoms with Crippen molar-refractivity contribution in [2.45, 2.75) is 53.1 Å². The van der Waals surface area contributed by atoms with Crippen molar-refractivity contribution in [3.8, 4) is 0 Å². The molecule has 0 spiro atoms. The summed E-state index contributed by atoms with van der Waals surface area (Å²) in [5.74, 6) is 1.09. The van der Waals surface area contributed by atoms with E-state index in [9.17, 15) is 0 Å². The topological polar surface area (TPSA) is 28.2 Å². The maximum absolute atomic E-state index is 4.66. The molecular formula is C16H27N3. The molecule has 0 atom stereocenters. The van der Waals surface area contributed by atoms with Gasteiger partial charge in [-0.25, -0.2) is 4.98 Å². The van der Waals surface area contributed by atoms with Crippen LogP contribution in [0.4, 0.5) is 5.82 Å². The van der Waals surface area contributed by atoms with Crippen LogP contribution < -0.4 is 10.2 Å². The van der Waals surface area contributed by atoms with Crippen LogP contribution in [-0.4, -0.2) is 24.6 Å². The Morgan fingerprint density at radius 3 is 2.58 bits per heavy atom. The van der Waals surface area contributed by atoms with E-state index in [1.807, 2.05) is 0 Å². The monoisotopic (exact) mass is 261 g/mol. The average molecular weight is 261 g/mol.